The number of aromatic nitrogens is 3. The van der Waals surface area contributed by atoms with Crippen LogP contribution in [0.4, 0.5) is 5.69 Å². The van der Waals surface area contributed by atoms with Crippen molar-refractivity contribution in [2.45, 2.75) is 52.4 Å². The summed E-state index contributed by atoms with van der Waals surface area (Å²) < 4.78 is 1.98. The molecule has 0 radical (unpaired) electrons. The van der Waals surface area contributed by atoms with Crippen molar-refractivity contribution < 1.29 is 0 Å². The van der Waals surface area contributed by atoms with E-state index in [2.05, 4.69) is 57.9 Å². The van der Waals surface area contributed by atoms with Gasteiger partial charge in [0.1, 0.15) is 0 Å². The zero-order valence-electron chi connectivity index (χ0n) is 13.0. The number of rotatable bonds is 1. The molecule has 2 aromatic heterocycles. The number of nitrogens with zero attached hydrogens (tertiary/aromatic N) is 3. The number of anilines is 1. The van der Waals surface area contributed by atoms with Gasteiger partial charge >= 0.3 is 0 Å². The molecule has 0 aliphatic rings. The summed E-state index contributed by atoms with van der Waals surface area (Å²) in [5.74, 6) is 0. The number of imidazole rings is 1. The molecule has 0 spiro atoms. The van der Waals surface area contributed by atoms with Gasteiger partial charge in [-0.1, -0.05) is 41.5 Å². The molecule has 1 N–H and O–H groups in total. The maximum absolute atomic E-state index is 4.80. The monoisotopic (exact) mass is 260 g/mol. The Balaban J connectivity index is 2.79. The van der Waals surface area contributed by atoms with E-state index in [1.54, 1.807) is 0 Å². The molecule has 104 valence electrons. The van der Waals surface area contributed by atoms with Crippen LogP contribution in [0.1, 0.15) is 52.9 Å². The molecule has 0 unspecified atom stereocenters. The normalized spacial score (nSPS) is 13.0. The molecule has 4 heteroatoms. The highest BCUT2D eigenvalue weighted by Gasteiger charge is 2.24. The lowest BCUT2D eigenvalue weighted by Gasteiger charge is -2.22. The first-order chi connectivity index (χ1) is 8.64. The number of fused-ring (bicyclic) bond motifs is 1. The molecule has 0 aliphatic heterocycles. The Bertz CT molecular complexity index is 597. The predicted octanol–water partition coefficient (Wildman–Crippen LogP) is 3.37. The van der Waals surface area contributed by atoms with Crippen molar-refractivity contribution in [2.75, 3.05) is 12.4 Å². The molecule has 2 heterocycles. The average molecular weight is 260 g/mol. The van der Waals surface area contributed by atoms with E-state index in [4.69, 9.17) is 5.10 Å². The Morgan fingerprint density at radius 3 is 2.16 bits per heavy atom. The number of hydrogen-bond donors (Lipinski definition) is 1. The predicted molar refractivity (Wildman–Crippen MR) is 79.9 cm³/mol. The SMILES string of the molecule is CNc1cc(C(C)(C)C)nn2c(C(C)(C)C)cnc12. The van der Waals surface area contributed by atoms with Gasteiger partial charge in [-0.3, -0.25) is 0 Å². The standard InChI is InChI=1S/C15H24N4/c1-14(2,3)11-8-10(16-7)13-17-9-12(15(4,5)6)19(13)18-11/h8-9,16H,1-7H3. The first kappa shape index (κ1) is 13.8. The summed E-state index contributed by atoms with van der Waals surface area (Å²) in [5, 5.41) is 8.02. The van der Waals surface area contributed by atoms with Crippen molar-refractivity contribution >= 4 is 11.3 Å². The Hall–Kier alpha value is -1.58. The van der Waals surface area contributed by atoms with Crippen LogP contribution in [0.15, 0.2) is 12.3 Å². The quantitative estimate of drug-likeness (QED) is 0.855. The van der Waals surface area contributed by atoms with Crippen molar-refractivity contribution in [2.24, 2.45) is 0 Å². The fraction of sp³-hybridized carbons (Fsp3) is 0.600. The van der Waals surface area contributed by atoms with Crippen LogP contribution in [0.2, 0.25) is 0 Å². The van der Waals surface area contributed by atoms with Crippen molar-refractivity contribution in [3.63, 3.8) is 0 Å². The molecule has 0 aromatic carbocycles. The van der Waals surface area contributed by atoms with Gasteiger partial charge in [0, 0.05) is 17.9 Å². The molecule has 0 atom stereocenters. The molecule has 0 fully saturated rings. The lowest BCUT2D eigenvalue weighted by molar-refractivity contribution is 0.523. The molecular weight excluding hydrogens is 236 g/mol. The molecule has 0 saturated heterocycles. The van der Waals surface area contributed by atoms with Crippen LogP contribution in [0.25, 0.3) is 5.65 Å². The lowest BCUT2D eigenvalue weighted by atomic mass is 9.91. The highest BCUT2D eigenvalue weighted by Crippen LogP contribution is 2.29. The summed E-state index contributed by atoms with van der Waals surface area (Å²) in [4.78, 5) is 4.52. The first-order valence-corrected chi connectivity index (χ1v) is 6.72. The zero-order chi connectivity index (χ0) is 14.4. The minimum atomic E-state index is 0.0131. The van der Waals surface area contributed by atoms with Crippen LogP contribution < -0.4 is 5.32 Å². The second kappa shape index (κ2) is 4.22. The van der Waals surface area contributed by atoms with Gasteiger partial charge in [0.05, 0.1) is 23.3 Å². The van der Waals surface area contributed by atoms with Crippen LogP contribution in [0.3, 0.4) is 0 Å². The van der Waals surface area contributed by atoms with Gasteiger partial charge in [0.15, 0.2) is 5.65 Å². The van der Waals surface area contributed by atoms with Gasteiger partial charge in [-0.15, -0.1) is 0 Å². The van der Waals surface area contributed by atoms with Crippen molar-refractivity contribution in [1.29, 1.82) is 0 Å². The minimum Gasteiger partial charge on any atom is -0.385 e. The fourth-order valence-electron chi connectivity index (χ4n) is 2.03. The van der Waals surface area contributed by atoms with E-state index in [0.29, 0.717) is 0 Å². The van der Waals surface area contributed by atoms with E-state index >= 15 is 0 Å². The van der Waals surface area contributed by atoms with E-state index in [9.17, 15) is 0 Å². The van der Waals surface area contributed by atoms with E-state index in [-0.39, 0.29) is 10.8 Å². The maximum atomic E-state index is 4.80. The summed E-state index contributed by atoms with van der Waals surface area (Å²) in [6.45, 7) is 13.1. The number of nitrogens with one attached hydrogen (secondary N) is 1. The summed E-state index contributed by atoms with van der Waals surface area (Å²) in [6, 6.07) is 2.09. The maximum Gasteiger partial charge on any atom is 0.177 e. The topological polar surface area (TPSA) is 42.2 Å². The van der Waals surface area contributed by atoms with Crippen molar-refractivity contribution in [1.82, 2.24) is 14.6 Å². The van der Waals surface area contributed by atoms with Crippen LogP contribution in [-0.2, 0) is 10.8 Å². The molecule has 0 bridgehead atoms. The van der Waals surface area contributed by atoms with Gasteiger partial charge in [0.2, 0.25) is 0 Å². The van der Waals surface area contributed by atoms with Gasteiger partial charge in [-0.25, -0.2) is 9.50 Å². The Morgan fingerprint density at radius 2 is 1.68 bits per heavy atom. The number of hydrogen-bond acceptors (Lipinski definition) is 3. The molecule has 0 aliphatic carbocycles. The smallest absolute Gasteiger partial charge is 0.177 e. The molecule has 19 heavy (non-hydrogen) atoms. The highest BCUT2D eigenvalue weighted by atomic mass is 15.3. The second-order valence-electron chi connectivity index (χ2n) is 7.07. The summed E-state index contributed by atoms with van der Waals surface area (Å²) in [6.07, 6.45) is 1.93. The van der Waals surface area contributed by atoms with Crippen LogP contribution >= 0.6 is 0 Å². The molecule has 0 saturated carbocycles. The third-order valence-electron chi connectivity index (χ3n) is 3.27. The lowest BCUT2D eigenvalue weighted by Crippen LogP contribution is -2.20. The summed E-state index contributed by atoms with van der Waals surface area (Å²) in [7, 11) is 1.92. The van der Waals surface area contributed by atoms with Gasteiger partial charge < -0.3 is 5.32 Å². The Kier molecular flexibility index (Phi) is 3.07. The Morgan fingerprint density at radius 1 is 1.05 bits per heavy atom. The summed E-state index contributed by atoms with van der Waals surface area (Å²) >= 11 is 0. The Labute approximate surface area is 115 Å². The van der Waals surface area contributed by atoms with Gasteiger partial charge in [0.25, 0.3) is 0 Å². The average Bonchev–Trinajstić information content (AvgIpc) is 2.69. The van der Waals surface area contributed by atoms with Crippen molar-refractivity contribution in [3.8, 4) is 0 Å². The van der Waals surface area contributed by atoms with Gasteiger partial charge in [-0.05, 0) is 6.07 Å². The molecule has 2 aromatic rings. The third kappa shape index (κ3) is 2.44. The first-order valence-electron chi connectivity index (χ1n) is 6.72. The molecular formula is C15H24N4. The zero-order valence-corrected chi connectivity index (χ0v) is 13.0. The van der Waals surface area contributed by atoms with E-state index in [1.807, 2.05) is 17.8 Å². The van der Waals surface area contributed by atoms with Crippen LogP contribution in [0, 0.1) is 0 Å². The molecule has 4 nitrogen and oxygen atoms in total. The molecule has 0 amide bonds. The summed E-state index contributed by atoms with van der Waals surface area (Å²) in [5.41, 5.74) is 4.14. The van der Waals surface area contributed by atoms with Crippen LogP contribution in [0.5, 0.6) is 0 Å². The minimum absolute atomic E-state index is 0.0131. The van der Waals surface area contributed by atoms with Gasteiger partial charge in [-0.2, -0.15) is 5.10 Å². The van der Waals surface area contributed by atoms with E-state index in [0.717, 1.165) is 22.7 Å². The van der Waals surface area contributed by atoms with E-state index in [1.165, 1.54) is 0 Å². The van der Waals surface area contributed by atoms with Crippen LogP contribution in [-0.4, -0.2) is 21.6 Å². The highest BCUT2D eigenvalue weighted by molar-refractivity contribution is 5.68. The largest absolute Gasteiger partial charge is 0.385 e. The molecule has 2 rings (SSSR count). The second-order valence-corrected chi connectivity index (χ2v) is 7.07. The fourth-order valence-corrected chi connectivity index (χ4v) is 2.03. The third-order valence-corrected chi connectivity index (χ3v) is 3.27. The van der Waals surface area contributed by atoms with Crippen molar-refractivity contribution in [3.05, 3.63) is 23.7 Å². The van der Waals surface area contributed by atoms with E-state index < -0.39 is 0 Å².